The molecule has 134 valence electrons. The summed E-state index contributed by atoms with van der Waals surface area (Å²) in [5.41, 5.74) is 2.88. The van der Waals surface area contributed by atoms with Crippen LogP contribution in [-0.4, -0.2) is 21.8 Å². The van der Waals surface area contributed by atoms with E-state index in [1.165, 1.54) is 0 Å². The Bertz CT molecular complexity index is 913. The molecule has 3 N–H and O–H groups in total. The van der Waals surface area contributed by atoms with E-state index in [0.29, 0.717) is 17.1 Å². The van der Waals surface area contributed by atoms with E-state index in [1.807, 2.05) is 45.0 Å². The summed E-state index contributed by atoms with van der Waals surface area (Å²) in [6, 6.07) is 14.3. The summed E-state index contributed by atoms with van der Waals surface area (Å²) in [7, 11) is 0. The molecule has 1 unspecified atom stereocenters. The monoisotopic (exact) mass is 350 g/mol. The summed E-state index contributed by atoms with van der Waals surface area (Å²) in [5, 5.41) is 5.73. The molecule has 2 amide bonds. The number of nitrogens with zero attached hydrogens (tertiary/aromatic N) is 1. The predicted molar refractivity (Wildman–Crippen MR) is 102 cm³/mol. The van der Waals surface area contributed by atoms with Crippen LogP contribution in [0.2, 0.25) is 0 Å². The van der Waals surface area contributed by atoms with Gasteiger partial charge in [0.25, 0.3) is 5.91 Å². The van der Waals surface area contributed by atoms with Crippen molar-refractivity contribution in [2.75, 3.05) is 5.32 Å². The highest BCUT2D eigenvalue weighted by atomic mass is 16.2. The summed E-state index contributed by atoms with van der Waals surface area (Å²) >= 11 is 0. The molecule has 1 heterocycles. The third-order valence-electron chi connectivity index (χ3n) is 4.08. The normalized spacial score (nSPS) is 12.2. The quantitative estimate of drug-likeness (QED) is 0.656. The van der Waals surface area contributed by atoms with Crippen molar-refractivity contribution < 1.29 is 9.59 Å². The molecule has 3 aromatic rings. The number of amides is 2. The van der Waals surface area contributed by atoms with E-state index in [1.54, 1.807) is 24.3 Å². The van der Waals surface area contributed by atoms with Gasteiger partial charge in [0.05, 0.1) is 17.1 Å². The highest BCUT2D eigenvalue weighted by molar-refractivity contribution is 5.97. The van der Waals surface area contributed by atoms with Gasteiger partial charge >= 0.3 is 0 Å². The van der Waals surface area contributed by atoms with E-state index < -0.39 is 0 Å². The summed E-state index contributed by atoms with van der Waals surface area (Å²) in [6.45, 7) is 5.52. The van der Waals surface area contributed by atoms with Gasteiger partial charge in [0.15, 0.2) is 0 Å². The average molecular weight is 350 g/mol. The molecule has 0 spiro atoms. The van der Waals surface area contributed by atoms with Gasteiger partial charge in [0.2, 0.25) is 5.91 Å². The van der Waals surface area contributed by atoms with Gasteiger partial charge in [0.1, 0.15) is 5.82 Å². The van der Waals surface area contributed by atoms with Gasteiger partial charge in [-0.25, -0.2) is 4.98 Å². The third-order valence-corrected chi connectivity index (χ3v) is 4.08. The lowest BCUT2D eigenvalue weighted by molar-refractivity contribution is -0.118. The van der Waals surface area contributed by atoms with Crippen molar-refractivity contribution in [3.8, 4) is 0 Å². The molecule has 0 bridgehead atoms. The molecule has 1 aromatic heterocycles. The van der Waals surface area contributed by atoms with Crippen LogP contribution in [0.5, 0.6) is 0 Å². The van der Waals surface area contributed by atoms with Crippen molar-refractivity contribution in [1.82, 2.24) is 15.3 Å². The molecule has 3 rings (SSSR count). The second kappa shape index (κ2) is 7.39. The number of benzene rings is 2. The van der Waals surface area contributed by atoms with Crippen LogP contribution in [0.15, 0.2) is 48.5 Å². The van der Waals surface area contributed by atoms with Gasteiger partial charge in [0, 0.05) is 17.2 Å². The predicted octanol–water partition coefficient (Wildman–Crippen LogP) is 3.65. The fourth-order valence-corrected chi connectivity index (χ4v) is 2.55. The SMILES string of the molecule is CC(C)C(=O)Nc1cccc(C(=O)NC(C)c2nc3ccccc3[nH]2)c1. The van der Waals surface area contributed by atoms with Crippen LogP contribution in [-0.2, 0) is 4.79 Å². The highest BCUT2D eigenvalue weighted by Gasteiger charge is 2.15. The minimum Gasteiger partial charge on any atom is -0.342 e. The molecule has 26 heavy (non-hydrogen) atoms. The van der Waals surface area contributed by atoms with Crippen molar-refractivity contribution in [1.29, 1.82) is 0 Å². The molecule has 6 heteroatoms. The van der Waals surface area contributed by atoms with E-state index in [4.69, 9.17) is 0 Å². The Kier molecular flexibility index (Phi) is 5.02. The maximum absolute atomic E-state index is 12.5. The summed E-state index contributed by atoms with van der Waals surface area (Å²) in [4.78, 5) is 32.1. The third kappa shape index (κ3) is 3.91. The number of carbonyl (C=O) groups excluding carboxylic acids is 2. The van der Waals surface area contributed by atoms with E-state index in [2.05, 4.69) is 20.6 Å². The highest BCUT2D eigenvalue weighted by Crippen LogP contribution is 2.17. The van der Waals surface area contributed by atoms with Crippen LogP contribution in [0.1, 0.15) is 43.0 Å². The largest absolute Gasteiger partial charge is 0.342 e. The Balaban J connectivity index is 1.72. The van der Waals surface area contributed by atoms with Crippen LogP contribution < -0.4 is 10.6 Å². The van der Waals surface area contributed by atoms with Gasteiger partial charge in [-0.1, -0.05) is 32.0 Å². The second-order valence-electron chi connectivity index (χ2n) is 6.56. The van der Waals surface area contributed by atoms with Gasteiger partial charge in [-0.2, -0.15) is 0 Å². The van der Waals surface area contributed by atoms with Crippen molar-refractivity contribution in [3.05, 3.63) is 59.9 Å². The Hall–Kier alpha value is -3.15. The first-order valence-electron chi connectivity index (χ1n) is 8.60. The number of anilines is 1. The first kappa shape index (κ1) is 17.7. The topological polar surface area (TPSA) is 86.9 Å². The van der Waals surface area contributed by atoms with Crippen LogP contribution in [0.4, 0.5) is 5.69 Å². The summed E-state index contributed by atoms with van der Waals surface area (Å²) in [6.07, 6.45) is 0. The maximum atomic E-state index is 12.5. The lowest BCUT2D eigenvalue weighted by Crippen LogP contribution is -2.27. The van der Waals surface area contributed by atoms with Crippen molar-refractivity contribution in [3.63, 3.8) is 0 Å². The standard InChI is InChI=1S/C20H22N4O2/c1-12(2)19(25)22-15-8-6-7-14(11-15)20(26)21-13(3)18-23-16-9-4-5-10-17(16)24-18/h4-13H,1-3H3,(H,21,26)(H,22,25)(H,23,24). The van der Waals surface area contributed by atoms with Crippen molar-refractivity contribution in [2.24, 2.45) is 5.92 Å². The molecule has 6 nitrogen and oxygen atoms in total. The van der Waals surface area contributed by atoms with Gasteiger partial charge in [-0.3, -0.25) is 9.59 Å². The average Bonchev–Trinajstić information content (AvgIpc) is 3.06. The molecule has 2 aromatic carbocycles. The molecule has 0 saturated heterocycles. The lowest BCUT2D eigenvalue weighted by Gasteiger charge is -2.13. The number of carbonyl (C=O) groups is 2. The van der Waals surface area contributed by atoms with E-state index in [9.17, 15) is 9.59 Å². The Morgan fingerprint density at radius 2 is 1.81 bits per heavy atom. The molecule has 0 aliphatic rings. The number of hydrogen-bond acceptors (Lipinski definition) is 3. The second-order valence-corrected chi connectivity index (χ2v) is 6.56. The zero-order valence-corrected chi connectivity index (χ0v) is 15.0. The summed E-state index contributed by atoms with van der Waals surface area (Å²) < 4.78 is 0. The first-order valence-corrected chi connectivity index (χ1v) is 8.60. The number of imidazole rings is 1. The molecule has 0 saturated carbocycles. The fraction of sp³-hybridized carbons (Fsp3) is 0.250. The van der Waals surface area contributed by atoms with Gasteiger partial charge in [-0.05, 0) is 37.3 Å². The number of nitrogens with one attached hydrogen (secondary N) is 3. The Morgan fingerprint density at radius 3 is 2.54 bits per heavy atom. The molecule has 0 aliphatic heterocycles. The number of aromatic nitrogens is 2. The number of hydrogen-bond donors (Lipinski definition) is 3. The number of para-hydroxylation sites is 2. The molecular weight excluding hydrogens is 328 g/mol. The van der Waals surface area contributed by atoms with Crippen LogP contribution in [0, 0.1) is 5.92 Å². The van der Waals surface area contributed by atoms with Crippen LogP contribution >= 0.6 is 0 Å². The molecule has 0 fully saturated rings. The van der Waals surface area contributed by atoms with Crippen LogP contribution in [0.25, 0.3) is 11.0 Å². The Labute approximate surface area is 152 Å². The van der Waals surface area contributed by atoms with Gasteiger partial charge < -0.3 is 15.6 Å². The zero-order chi connectivity index (χ0) is 18.7. The molecule has 0 aliphatic carbocycles. The van der Waals surface area contributed by atoms with E-state index >= 15 is 0 Å². The van der Waals surface area contributed by atoms with E-state index in [-0.39, 0.29) is 23.8 Å². The zero-order valence-electron chi connectivity index (χ0n) is 15.0. The minimum absolute atomic E-state index is 0.0850. The molecule has 1 atom stereocenters. The summed E-state index contributed by atoms with van der Waals surface area (Å²) in [5.74, 6) is 0.265. The Morgan fingerprint density at radius 1 is 1.04 bits per heavy atom. The van der Waals surface area contributed by atoms with Gasteiger partial charge in [-0.15, -0.1) is 0 Å². The van der Waals surface area contributed by atoms with Crippen molar-refractivity contribution in [2.45, 2.75) is 26.8 Å². The van der Waals surface area contributed by atoms with Crippen molar-refractivity contribution >= 4 is 28.5 Å². The molecule has 0 radical (unpaired) electrons. The number of fused-ring (bicyclic) bond motifs is 1. The number of H-pyrrole nitrogens is 1. The lowest BCUT2D eigenvalue weighted by atomic mass is 10.1. The fourth-order valence-electron chi connectivity index (χ4n) is 2.55. The number of aromatic amines is 1. The minimum atomic E-state index is -0.274. The number of rotatable bonds is 5. The first-order chi connectivity index (χ1) is 12.4. The smallest absolute Gasteiger partial charge is 0.251 e. The van der Waals surface area contributed by atoms with E-state index in [0.717, 1.165) is 11.0 Å². The van der Waals surface area contributed by atoms with Crippen LogP contribution in [0.3, 0.4) is 0 Å². The maximum Gasteiger partial charge on any atom is 0.251 e. The molecular formula is C20H22N4O2.